The summed E-state index contributed by atoms with van der Waals surface area (Å²) in [6.45, 7) is 0.112. The second-order valence-corrected chi connectivity index (χ2v) is 5.36. The average Bonchev–Trinajstić information content (AvgIpc) is 2.75. The van der Waals surface area contributed by atoms with Gasteiger partial charge < -0.3 is 10.5 Å². The van der Waals surface area contributed by atoms with E-state index in [1.165, 1.54) is 4.90 Å². The molecule has 21 heavy (non-hydrogen) atoms. The fourth-order valence-corrected chi connectivity index (χ4v) is 2.78. The zero-order valence-electron chi connectivity index (χ0n) is 11.5. The van der Waals surface area contributed by atoms with Gasteiger partial charge in [0.25, 0.3) is 5.91 Å². The van der Waals surface area contributed by atoms with E-state index in [2.05, 4.69) is 0 Å². The van der Waals surface area contributed by atoms with Crippen LogP contribution in [-0.2, 0) is 16.0 Å². The molecule has 3 rings (SSSR count). The molecule has 0 saturated carbocycles. The number of nitrogens with zero attached hydrogens (tertiary/aromatic N) is 1. The highest BCUT2D eigenvalue weighted by Gasteiger charge is 2.36. The maximum absolute atomic E-state index is 12.0. The Hall–Kier alpha value is -2.37. The van der Waals surface area contributed by atoms with Gasteiger partial charge in [0.1, 0.15) is 0 Å². The number of fused-ring (bicyclic) bond motifs is 1. The molecule has 2 aliphatic rings. The lowest BCUT2D eigenvalue weighted by Gasteiger charge is -2.15. The van der Waals surface area contributed by atoms with Crippen molar-refractivity contribution >= 4 is 23.5 Å². The quantitative estimate of drug-likeness (QED) is 0.833. The van der Waals surface area contributed by atoms with E-state index in [-0.39, 0.29) is 12.3 Å². The number of ether oxygens (including phenoxy) is 1. The highest BCUT2D eigenvalue weighted by atomic mass is 16.6. The summed E-state index contributed by atoms with van der Waals surface area (Å²) in [4.78, 5) is 36.3. The first-order valence-electron chi connectivity index (χ1n) is 7.00. The highest BCUT2D eigenvalue weighted by molar-refractivity contribution is 5.99. The van der Waals surface area contributed by atoms with Crippen molar-refractivity contribution in [3.8, 4) is 0 Å². The normalized spacial score (nSPS) is 21.7. The molecule has 2 N–H and O–H groups in total. The Labute approximate surface area is 121 Å². The molecule has 0 aromatic heterocycles. The Bertz CT molecular complexity index is 626. The summed E-state index contributed by atoms with van der Waals surface area (Å²) in [5, 5.41) is 0. The average molecular weight is 288 g/mol. The molecule has 1 aliphatic heterocycles. The second-order valence-electron chi connectivity index (χ2n) is 5.36. The van der Waals surface area contributed by atoms with Gasteiger partial charge in [-0.3, -0.25) is 14.5 Å². The van der Waals surface area contributed by atoms with Gasteiger partial charge in [0.2, 0.25) is 0 Å². The van der Waals surface area contributed by atoms with Crippen LogP contribution in [0.5, 0.6) is 0 Å². The van der Waals surface area contributed by atoms with Gasteiger partial charge in [-0.05, 0) is 43.0 Å². The number of nitrogens with two attached hydrogens (primary N) is 1. The Kier molecular flexibility index (Phi) is 3.37. The molecule has 6 heteroatoms. The molecule has 110 valence electrons. The molecular weight excluding hydrogens is 272 g/mol. The first-order valence-corrected chi connectivity index (χ1v) is 7.00. The van der Waals surface area contributed by atoms with E-state index in [9.17, 15) is 14.4 Å². The van der Waals surface area contributed by atoms with Crippen LogP contribution in [0, 0.1) is 0 Å². The first-order chi connectivity index (χ1) is 10.1. The van der Waals surface area contributed by atoms with Crippen LogP contribution in [0.4, 0.5) is 10.5 Å². The molecule has 0 spiro atoms. The molecule has 1 fully saturated rings. The van der Waals surface area contributed by atoms with E-state index < -0.39 is 18.1 Å². The number of ketones is 1. The molecule has 1 aromatic carbocycles. The number of rotatable bonds is 2. The summed E-state index contributed by atoms with van der Waals surface area (Å²) in [5.74, 6) is -0.510. The number of hydrogen-bond donors (Lipinski definition) is 1. The van der Waals surface area contributed by atoms with Crippen molar-refractivity contribution in [1.82, 2.24) is 0 Å². The summed E-state index contributed by atoms with van der Waals surface area (Å²) >= 11 is 0. The molecule has 1 aliphatic carbocycles. The SMILES string of the molecule is NC(=O)C1CN(c2ccc3c(c2)CCCCC3=O)C(=O)O1. The van der Waals surface area contributed by atoms with E-state index >= 15 is 0 Å². The number of carbonyl (C=O) groups is 3. The van der Waals surface area contributed by atoms with Gasteiger partial charge in [0.05, 0.1) is 6.54 Å². The van der Waals surface area contributed by atoms with Gasteiger partial charge in [0, 0.05) is 17.7 Å². The molecule has 1 aromatic rings. The zero-order valence-corrected chi connectivity index (χ0v) is 11.5. The highest BCUT2D eigenvalue weighted by Crippen LogP contribution is 2.28. The van der Waals surface area contributed by atoms with Crippen LogP contribution >= 0.6 is 0 Å². The number of aryl methyl sites for hydroxylation is 1. The van der Waals surface area contributed by atoms with Crippen molar-refractivity contribution in [1.29, 1.82) is 0 Å². The number of primary amides is 1. The zero-order chi connectivity index (χ0) is 15.0. The summed E-state index contributed by atoms with van der Waals surface area (Å²) in [7, 11) is 0. The van der Waals surface area contributed by atoms with Gasteiger partial charge >= 0.3 is 6.09 Å². The number of benzene rings is 1. The van der Waals surface area contributed by atoms with Crippen molar-refractivity contribution < 1.29 is 19.1 Å². The number of amides is 2. The number of hydrogen-bond acceptors (Lipinski definition) is 4. The van der Waals surface area contributed by atoms with Crippen LogP contribution in [0.2, 0.25) is 0 Å². The molecule has 0 bridgehead atoms. The topological polar surface area (TPSA) is 89.7 Å². The van der Waals surface area contributed by atoms with Crippen LogP contribution < -0.4 is 10.6 Å². The number of Topliss-reactive ketones (excluding diaryl/α,β-unsaturated/α-hetero) is 1. The van der Waals surface area contributed by atoms with Crippen molar-refractivity contribution in [2.45, 2.75) is 31.8 Å². The Morgan fingerprint density at radius 3 is 2.71 bits per heavy atom. The minimum atomic E-state index is -0.919. The van der Waals surface area contributed by atoms with Crippen molar-refractivity contribution in [2.24, 2.45) is 5.73 Å². The Morgan fingerprint density at radius 1 is 1.24 bits per heavy atom. The smallest absolute Gasteiger partial charge is 0.415 e. The maximum atomic E-state index is 12.0. The van der Waals surface area contributed by atoms with Gasteiger partial charge in [-0.25, -0.2) is 4.79 Å². The van der Waals surface area contributed by atoms with Crippen molar-refractivity contribution in [3.63, 3.8) is 0 Å². The standard InChI is InChI=1S/C15H16N2O4/c16-14(19)13-8-17(15(20)21-13)10-5-6-11-9(7-10)3-1-2-4-12(11)18/h5-7,13H,1-4,8H2,(H2,16,19). The fraction of sp³-hybridized carbons (Fsp3) is 0.400. The molecular formula is C15H16N2O4. The lowest BCUT2D eigenvalue weighted by Crippen LogP contribution is -2.32. The fourth-order valence-electron chi connectivity index (χ4n) is 2.78. The molecule has 1 atom stereocenters. The van der Waals surface area contributed by atoms with E-state index in [1.54, 1.807) is 12.1 Å². The lowest BCUT2D eigenvalue weighted by atomic mass is 10.0. The number of anilines is 1. The van der Waals surface area contributed by atoms with Crippen LogP contribution in [0.15, 0.2) is 18.2 Å². The minimum absolute atomic E-state index is 0.112. The molecule has 1 unspecified atom stereocenters. The van der Waals surface area contributed by atoms with Gasteiger partial charge in [-0.15, -0.1) is 0 Å². The van der Waals surface area contributed by atoms with E-state index in [1.807, 2.05) is 6.07 Å². The van der Waals surface area contributed by atoms with Gasteiger partial charge in [0.15, 0.2) is 11.9 Å². The summed E-state index contributed by atoms with van der Waals surface area (Å²) in [6.07, 6.45) is 1.73. The van der Waals surface area contributed by atoms with Crippen LogP contribution in [-0.4, -0.2) is 30.4 Å². The largest absolute Gasteiger partial charge is 0.434 e. The molecule has 2 amide bonds. The van der Waals surface area contributed by atoms with Crippen LogP contribution in [0.3, 0.4) is 0 Å². The predicted octanol–water partition coefficient (Wildman–Crippen LogP) is 1.41. The molecule has 6 nitrogen and oxygen atoms in total. The summed E-state index contributed by atoms with van der Waals surface area (Å²) in [5.41, 5.74) is 7.48. The Morgan fingerprint density at radius 2 is 2.00 bits per heavy atom. The monoisotopic (exact) mass is 288 g/mol. The van der Waals surface area contributed by atoms with Gasteiger partial charge in [-0.1, -0.05) is 0 Å². The van der Waals surface area contributed by atoms with Crippen LogP contribution in [0.1, 0.15) is 35.2 Å². The summed E-state index contributed by atoms with van der Waals surface area (Å²) < 4.78 is 4.93. The lowest BCUT2D eigenvalue weighted by molar-refractivity contribution is -0.124. The molecule has 1 saturated heterocycles. The Balaban J connectivity index is 1.90. The number of carbonyl (C=O) groups excluding carboxylic acids is 3. The minimum Gasteiger partial charge on any atom is -0.434 e. The van der Waals surface area contributed by atoms with Crippen molar-refractivity contribution in [2.75, 3.05) is 11.4 Å². The third-order valence-corrected chi connectivity index (χ3v) is 3.93. The van der Waals surface area contributed by atoms with E-state index in [0.29, 0.717) is 12.1 Å². The maximum Gasteiger partial charge on any atom is 0.415 e. The van der Waals surface area contributed by atoms with E-state index in [0.717, 1.165) is 30.4 Å². The molecule has 1 heterocycles. The predicted molar refractivity (Wildman–Crippen MR) is 75.1 cm³/mol. The van der Waals surface area contributed by atoms with E-state index in [4.69, 9.17) is 10.5 Å². The van der Waals surface area contributed by atoms with Crippen LogP contribution in [0.25, 0.3) is 0 Å². The summed E-state index contributed by atoms with van der Waals surface area (Å²) in [6, 6.07) is 5.30. The third-order valence-electron chi connectivity index (χ3n) is 3.93. The van der Waals surface area contributed by atoms with Crippen molar-refractivity contribution in [3.05, 3.63) is 29.3 Å². The number of cyclic esters (lactones) is 1. The van der Waals surface area contributed by atoms with Gasteiger partial charge in [-0.2, -0.15) is 0 Å². The first kappa shape index (κ1) is 13.6. The molecule has 0 radical (unpaired) electrons. The third kappa shape index (κ3) is 2.49. The second kappa shape index (κ2) is 5.20.